The van der Waals surface area contributed by atoms with E-state index in [-0.39, 0.29) is 24.0 Å². The number of aliphatic carboxylic acids is 1. The van der Waals surface area contributed by atoms with E-state index in [1.807, 2.05) is 13.0 Å². The minimum absolute atomic E-state index is 0.108. The van der Waals surface area contributed by atoms with Crippen LogP contribution in [0.1, 0.15) is 45.1 Å². The van der Waals surface area contributed by atoms with Crippen LogP contribution < -0.4 is 0 Å². The second-order valence-corrected chi connectivity index (χ2v) is 6.45. The molecule has 0 bridgehead atoms. The Labute approximate surface area is 178 Å². The number of hydrogen-bond acceptors (Lipinski definition) is 7. The molecule has 30 heavy (non-hydrogen) atoms. The van der Waals surface area contributed by atoms with E-state index >= 15 is 0 Å². The van der Waals surface area contributed by atoms with Crippen LogP contribution in [0.5, 0.6) is 0 Å². The molecular formula is C22H34O8. The van der Waals surface area contributed by atoms with Crippen LogP contribution >= 0.6 is 0 Å². The van der Waals surface area contributed by atoms with E-state index in [1.165, 1.54) is 14.2 Å². The third-order valence-electron chi connectivity index (χ3n) is 4.20. The van der Waals surface area contributed by atoms with Gasteiger partial charge in [-0.25, -0.2) is 4.79 Å². The third kappa shape index (κ3) is 10.3. The fourth-order valence-corrected chi connectivity index (χ4v) is 2.44. The number of ether oxygens (including phenoxy) is 3. The summed E-state index contributed by atoms with van der Waals surface area (Å²) in [6, 6.07) is 8.94. The van der Waals surface area contributed by atoms with Crippen molar-refractivity contribution in [2.24, 2.45) is 5.92 Å². The summed E-state index contributed by atoms with van der Waals surface area (Å²) in [6.45, 7) is 3.19. The van der Waals surface area contributed by atoms with Crippen LogP contribution in [-0.2, 0) is 23.8 Å². The number of methoxy groups -OCH3 is 2. The fourth-order valence-electron chi connectivity index (χ4n) is 2.44. The van der Waals surface area contributed by atoms with Crippen LogP contribution in [0.25, 0.3) is 5.76 Å². The van der Waals surface area contributed by atoms with Gasteiger partial charge in [0.2, 0.25) is 5.76 Å². The number of carbonyl (C=O) groups is 2. The van der Waals surface area contributed by atoms with E-state index < -0.39 is 24.6 Å². The Morgan fingerprint density at radius 3 is 2.13 bits per heavy atom. The van der Waals surface area contributed by atoms with Gasteiger partial charge < -0.3 is 29.5 Å². The van der Waals surface area contributed by atoms with Gasteiger partial charge in [-0.3, -0.25) is 4.79 Å². The molecule has 0 heterocycles. The number of esters is 1. The molecule has 0 radical (unpaired) electrons. The maximum atomic E-state index is 11.9. The molecule has 0 saturated heterocycles. The van der Waals surface area contributed by atoms with Crippen LogP contribution in [0.4, 0.5) is 0 Å². The first-order chi connectivity index (χ1) is 14.4. The smallest absolute Gasteiger partial charge is 0.377 e. The normalized spacial score (nSPS) is 13.1. The van der Waals surface area contributed by atoms with Crippen LogP contribution in [0.15, 0.2) is 36.1 Å². The molecule has 2 unspecified atom stereocenters. The number of carboxylic acids is 1. The first-order valence-corrected chi connectivity index (χ1v) is 9.92. The molecule has 0 aromatic heterocycles. The predicted octanol–water partition coefficient (Wildman–Crippen LogP) is 2.83. The molecule has 0 aliphatic rings. The van der Waals surface area contributed by atoms with Gasteiger partial charge in [-0.05, 0) is 12.8 Å². The highest BCUT2D eigenvalue weighted by Gasteiger charge is 2.21. The first kappa shape index (κ1) is 27.4. The van der Waals surface area contributed by atoms with Gasteiger partial charge in [-0.2, -0.15) is 0 Å². The Balaban J connectivity index is 0.000000710. The lowest BCUT2D eigenvalue weighted by molar-refractivity contribution is -0.146. The van der Waals surface area contributed by atoms with E-state index in [2.05, 4.69) is 6.92 Å². The molecule has 0 spiro atoms. The van der Waals surface area contributed by atoms with Gasteiger partial charge in [0.05, 0.1) is 26.7 Å². The molecule has 8 nitrogen and oxygen atoms in total. The molecule has 0 aliphatic heterocycles. The minimum atomic E-state index is -1.13. The fraction of sp³-hybridized carbons (Fsp3) is 0.545. The largest absolute Gasteiger partial charge is 0.492 e. The highest BCUT2D eigenvalue weighted by atomic mass is 16.6. The molecule has 170 valence electrons. The van der Waals surface area contributed by atoms with Gasteiger partial charge in [-0.1, -0.05) is 57.0 Å². The number of unbranched alkanes of at least 4 members (excludes halogenated alkanes) is 1. The summed E-state index contributed by atoms with van der Waals surface area (Å²) < 4.78 is 15.0. The van der Waals surface area contributed by atoms with Crippen LogP contribution in [0.3, 0.4) is 0 Å². The Morgan fingerprint density at radius 1 is 1.07 bits per heavy atom. The lowest BCUT2D eigenvalue weighted by atomic mass is 10.00. The van der Waals surface area contributed by atoms with Crippen molar-refractivity contribution in [1.29, 1.82) is 0 Å². The second kappa shape index (κ2) is 16.2. The average Bonchev–Trinajstić information content (AvgIpc) is 2.76. The highest BCUT2D eigenvalue weighted by Crippen LogP contribution is 2.21. The number of carbonyl (C=O) groups excluding carboxylic acids is 1. The van der Waals surface area contributed by atoms with Crippen molar-refractivity contribution in [3.8, 4) is 0 Å². The Morgan fingerprint density at radius 2 is 1.70 bits per heavy atom. The number of rotatable bonds is 12. The quantitative estimate of drug-likeness (QED) is 0.265. The van der Waals surface area contributed by atoms with Crippen LogP contribution in [0.2, 0.25) is 0 Å². The summed E-state index contributed by atoms with van der Waals surface area (Å²) in [5.41, 5.74) is 0.659. The van der Waals surface area contributed by atoms with Crippen LogP contribution in [-0.4, -0.2) is 60.8 Å². The number of benzene rings is 1. The van der Waals surface area contributed by atoms with Crippen molar-refractivity contribution >= 4 is 17.7 Å². The topological polar surface area (TPSA) is 123 Å². The SMILES string of the molecule is CCCCC(CC)C(=O)O.COC(C(=O)OCC(O)CO)=C(OC)c1ccccc1. The zero-order valence-corrected chi connectivity index (χ0v) is 18.2. The summed E-state index contributed by atoms with van der Waals surface area (Å²) in [5, 5.41) is 26.4. The maximum absolute atomic E-state index is 11.9. The first-order valence-electron chi connectivity index (χ1n) is 9.92. The Kier molecular flexibility index (Phi) is 14.8. The third-order valence-corrected chi connectivity index (χ3v) is 4.20. The van der Waals surface area contributed by atoms with E-state index in [0.29, 0.717) is 5.56 Å². The Hall–Kier alpha value is -2.58. The lowest BCUT2D eigenvalue weighted by Gasteiger charge is -2.14. The molecule has 8 heteroatoms. The van der Waals surface area contributed by atoms with Gasteiger partial charge >= 0.3 is 11.9 Å². The monoisotopic (exact) mass is 426 g/mol. The Bertz CT molecular complexity index is 642. The molecule has 3 N–H and O–H groups in total. The zero-order valence-electron chi connectivity index (χ0n) is 18.2. The van der Waals surface area contributed by atoms with Crippen molar-refractivity contribution in [2.45, 2.75) is 45.6 Å². The molecule has 0 aliphatic carbocycles. The van der Waals surface area contributed by atoms with Gasteiger partial charge in [0.25, 0.3) is 0 Å². The van der Waals surface area contributed by atoms with Gasteiger partial charge in [0, 0.05) is 5.56 Å². The second-order valence-electron chi connectivity index (χ2n) is 6.45. The number of hydrogen-bond donors (Lipinski definition) is 3. The van der Waals surface area contributed by atoms with Gasteiger partial charge in [0.15, 0.2) is 5.76 Å². The molecular weight excluding hydrogens is 392 g/mol. The number of aliphatic hydroxyl groups excluding tert-OH is 2. The van der Waals surface area contributed by atoms with E-state index in [0.717, 1.165) is 25.7 Å². The zero-order chi connectivity index (χ0) is 22.9. The van der Waals surface area contributed by atoms with E-state index in [1.54, 1.807) is 24.3 Å². The lowest BCUT2D eigenvalue weighted by Crippen LogP contribution is -2.23. The van der Waals surface area contributed by atoms with Gasteiger partial charge in [0.1, 0.15) is 12.7 Å². The summed E-state index contributed by atoms with van der Waals surface area (Å²) in [4.78, 5) is 22.3. The molecule has 1 aromatic rings. The standard InChI is InChI=1S/C14H18O6.C8H16O2/c1-18-12(10-6-4-3-5-7-10)13(19-2)14(17)20-9-11(16)8-15;1-3-5-6-7(4-2)8(9)10/h3-7,11,15-16H,8-9H2,1-2H3;7H,3-6H2,1-2H3,(H,9,10). The minimum Gasteiger partial charge on any atom is -0.492 e. The van der Waals surface area contributed by atoms with Crippen LogP contribution in [0, 0.1) is 5.92 Å². The van der Waals surface area contributed by atoms with Gasteiger partial charge in [-0.15, -0.1) is 0 Å². The molecule has 2 atom stereocenters. The van der Waals surface area contributed by atoms with Crippen molar-refractivity contribution in [3.63, 3.8) is 0 Å². The van der Waals surface area contributed by atoms with Crippen molar-refractivity contribution < 1.29 is 39.1 Å². The summed E-state index contributed by atoms with van der Waals surface area (Å²) in [6.07, 6.45) is 2.59. The van der Waals surface area contributed by atoms with E-state index in [9.17, 15) is 9.59 Å². The summed E-state index contributed by atoms with van der Waals surface area (Å²) >= 11 is 0. The van der Waals surface area contributed by atoms with Crippen molar-refractivity contribution in [3.05, 3.63) is 41.7 Å². The molecule has 0 fully saturated rings. The summed E-state index contributed by atoms with van der Waals surface area (Å²) in [5.74, 6) is -1.41. The number of aliphatic hydroxyl groups is 2. The molecule has 1 rings (SSSR count). The molecule has 0 amide bonds. The average molecular weight is 427 g/mol. The highest BCUT2D eigenvalue weighted by molar-refractivity contribution is 5.94. The maximum Gasteiger partial charge on any atom is 0.377 e. The van der Waals surface area contributed by atoms with Crippen molar-refractivity contribution in [1.82, 2.24) is 0 Å². The summed E-state index contributed by atoms with van der Waals surface area (Å²) in [7, 11) is 2.73. The predicted molar refractivity (Wildman–Crippen MR) is 112 cm³/mol. The van der Waals surface area contributed by atoms with Crippen molar-refractivity contribution in [2.75, 3.05) is 27.4 Å². The number of carboxylic acid groups (broad SMARTS) is 1. The molecule has 0 saturated carbocycles. The van der Waals surface area contributed by atoms with E-state index in [4.69, 9.17) is 29.5 Å². The molecule has 1 aromatic carbocycles.